The molecular formula is C13H18FNO. The van der Waals surface area contributed by atoms with E-state index in [2.05, 4.69) is 12.2 Å². The van der Waals surface area contributed by atoms with E-state index >= 15 is 0 Å². The van der Waals surface area contributed by atoms with E-state index in [4.69, 9.17) is 4.74 Å². The van der Waals surface area contributed by atoms with Crippen molar-refractivity contribution in [3.05, 3.63) is 35.6 Å². The van der Waals surface area contributed by atoms with Gasteiger partial charge in [0.1, 0.15) is 5.82 Å². The first kappa shape index (κ1) is 11.6. The Hall–Kier alpha value is -0.930. The van der Waals surface area contributed by atoms with Gasteiger partial charge in [0.05, 0.1) is 6.10 Å². The van der Waals surface area contributed by atoms with Crippen molar-refractivity contribution in [1.82, 2.24) is 5.32 Å². The molecule has 3 heteroatoms. The van der Waals surface area contributed by atoms with Crippen LogP contribution in [0.3, 0.4) is 0 Å². The third-order valence-corrected chi connectivity index (χ3v) is 3.46. The van der Waals surface area contributed by atoms with Crippen molar-refractivity contribution in [1.29, 1.82) is 0 Å². The predicted molar refractivity (Wildman–Crippen MR) is 62.0 cm³/mol. The maximum atomic E-state index is 12.9. The summed E-state index contributed by atoms with van der Waals surface area (Å²) < 4.78 is 18.2. The number of benzene rings is 1. The Morgan fingerprint density at radius 2 is 2.00 bits per heavy atom. The Kier molecular flexibility index (Phi) is 3.26. The highest BCUT2D eigenvalue weighted by atomic mass is 19.1. The quantitative estimate of drug-likeness (QED) is 0.844. The molecule has 1 aromatic rings. The minimum absolute atomic E-state index is 0.128. The predicted octanol–water partition coefficient (Wildman–Crippen LogP) is 2.09. The van der Waals surface area contributed by atoms with Crippen molar-refractivity contribution in [2.75, 3.05) is 20.2 Å². The molecule has 0 bridgehead atoms. The molecule has 0 radical (unpaired) electrons. The molecule has 1 atom stereocenters. The van der Waals surface area contributed by atoms with E-state index in [-0.39, 0.29) is 17.3 Å². The first-order valence-corrected chi connectivity index (χ1v) is 5.66. The van der Waals surface area contributed by atoms with Crippen LogP contribution in [0.5, 0.6) is 0 Å². The number of halogens is 1. The molecule has 2 rings (SSSR count). The fraction of sp³-hybridized carbons (Fsp3) is 0.538. The Morgan fingerprint density at radius 1 is 1.38 bits per heavy atom. The molecule has 0 spiro atoms. The highest BCUT2D eigenvalue weighted by molar-refractivity contribution is 5.30. The summed E-state index contributed by atoms with van der Waals surface area (Å²) in [6, 6.07) is 6.84. The summed E-state index contributed by atoms with van der Waals surface area (Å²) >= 11 is 0. The lowest BCUT2D eigenvalue weighted by Gasteiger charge is -2.44. The monoisotopic (exact) mass is 223 g/mol. The van der Waals surface area contributed by atoms with E-state index in [1.807, 2.05) is 12.1 Å². The van der Waals surface area contributed by atoms with Gasteiger partial charge in [0, 0.05) is 25.6 Å². The molecule has 1 aliphatic rings. The lowest BCUT2D eigenvalue weighted by molar-refractivity contribution is 0.0717. The fourth-order valence-corrected chi connectivity index (χ4v) is 2.33. The lowest BCUT2D eigenvalue weighted by Crippen LogP contribution is -2.58. The molecule has 88 valence electrons. The van der Waals surface area contributed by atoms with Crippen molar-refractivity contribution in [2.45, 2.75) is 24.9 Å². The van der Waals surface area contributed by atoms with Crippen molar-refractivity contribution in [2.24, 2.45) is 0 Å². The molecule has 1 unspecified atom stereocenters. The van der Waals surface area contributed by atoms with Gasteiger partial charge < -0.3 is 10.1 Å². The Labute approximate surface area is 95.8 Å². The number of hydrogen-bond donors (Lipinski definition) is 1. The first-order valence-electron chi connectivity index (χ1n) is 5.66. The van der Waals surface area contributed by atoms with Gasteiger partial charge in [-0.25, -0.2) is 4.39 Å². The molecule has 0 saturated carbocycles. The topological polar surface area (TPSA) is 21.3 Å². The van der Waals surface area contributed by atoms with Gasteiger partial charge in [0.25, 0.3) is 0 Å². The third kappa shape index (κ3) is 2.11. The fourth-order valence-electron chi connectivity index (χ4n) is 2.33. The smallest absolute Gasteiger partial charge is 0.123 e. The summed E-state index contributed by atoms with van der Waals surface area (Å²) in [7, 11) is 1.73. The molecule has 0 aromatic heterocycles. The van der Waals surface area contributed by atoms with Crippen LogP contribution < -0.4 is 5.32 Å². The SMILES string of the molecule is COC(C)CC1(c2ccc(F)cc2)CNC1. The van der Waals surface area contributed by atoms with Gasteiger partial charge in [-0.3, -0.25) is 0 Å². The minimum Gasteiger partial charge on any atom is -0.382 e. The van der Waals surface area contributed by atoms with Crippen molar-refractivity contribution in [3.63, 3.8) is 0 Å². The molecule has 0 amide bonds. The number of nitrogens with one attached hydrogen (secondary N) is 1. The van der Waals surface area contributed by atoms with Gasteiger partial charge in [0.15, 0.2) is 0 Å². The Bertz CT molecular complexity index is 345. The van der Waals surface area contributed by atoms with Gasteiger partial charge in [-0.15, -0.1) is 0 Å². The van der Waals surface area contributed by atoms with Crippen LogP contribution in [-0.4, -0.2) is 26.3 Å². The zero-order valence-corrected chi connectivity index (χ0v) is 9.79. The van der Waals surface area contributed by atoms with Crippen LogP contribution in [0.2, 0.25) is 0 Å². The maximum absolute atomic E-state index is 12.9. The third-order valence-electron chi connectivity index (χ3n) is 3.46. The second-order valence-electron chi connectivity index (χ2n) is 4.64. The summed E-state index contributed by atoms with van der Waals surface area (Å²) in [5.74, 6) is -0.175. The van der Waals surface area contributed by atoms with Crippen molar-refractivity contribution in [3.8, 4) is 0 Å². The summed E-state index contributed by atoms with van der Waals surface area (Å²) in [6.07, 6.45) is 1.20. The summed E-state index contributed by atoms with van der Waals surface area (Å²) in [5.41, 5.74) is 1.33. The number of rotatable bonds is 4. The molecule has 2 nitrogen and oxygen atoms in total. The Morgan fingerprint density at radius 3 is 2.44 bits per heavy atom. The summed E-state index contributed by atoms with van der Waals surface area (Å²) in [4.78, 5) is 0. The van der Waals surface area contributed by atoms with Crippen LogP contribution in [0.25, 0.3) is 0 Å². The molecule has 1 fully saturated rings. The Balaban J connectivity index is 2.17. The second-order valence-corrected chi connectivity index (χ2v) is 4.64. The molecule has 0 aliphatic carbocycles. The van der Waals surface area contributed by atoms with Gasteiger partial charge in [-0.2, -0.15) is 0 Å². The van der Waals surface area contributed by atoms with Crippen molar-refractivity contribution >= 4 is 0 Å². The van der Waals surface area contributed by atoms with Gasteiger partial charge in [-0.1, -0.05) is 12.1 Å². The summed E-state index contributed by atoms with van der Waals surface area (Å²) in [6.45, 7) is 3.97. The molecule has 1 saturated heterocycles. The van der Waals surface area contributed by atoms with Crippen LogP contribution >= 0.6 is 0 Å². The average Bonchev–Trinajstić information content (AvgIpc) is 2.24. The normalized spacial score (nSPS) is 20.2. The van der Waals surface area contributed by atoms with Crippen LogP contribution in [0.15, 0.2) is 24.3 Å². The number of methoxy groups -OCH3 is 1. The van der Waals surface area contributed by atoms with Crippen molar-refractivity contribution < 1.29 is 9.13 Å². The molecular weight excluding hydrogens is 205 g/mol. The van der Waals surface area contributed by atoms with Crippen LogP contribution in [-0.2, 0) is 10.2 Å². The zero-order valence-electron chi connectivity index (χ0n) is 9.79. The standard InChI is InChI=1S/C13H18FNO/c1-10(16-2)7-13(8-15-9-13)11-3-5-12(14)6-4-11/h3-6,10,15H,7-9H2,1-2H3. The van der Waals surface area contributed by atoms with Crippen LogP contribution in [0.1, 0.15) is 18.9 Å². The maximum Gasteiger partial charge on any atom is 0.123 e. The van der Waals surface area contributed by atoms with Crippen LogP contribution in [0.4, 0.5) is 4.39 Å². The molecule has 1 heterocycles. The summed E-state index contributed by atoms with van der Waals surface area (Å²) in [5, 5.41) is 3.30. The minimum atomic E-state index is -0.175. The van der Waals surface area contributed by atoms with E-state index in [9.17, 15) is 4.39 Å². The molecule has 1 aromatic carbocycles. The van der Waals surface area contributed by atoms with E-state index in [1.54, 1.807) is 7.11 Å². The van der Waals surface area contributed by atoms with Gasteiger partial charge in [0.2, 0.25) is 0 Å². The largest absolute Gasteiger partial charge is 0.382 e. The lowest BCUT2D eigenvalue weighted by atomic mass is 9.71. The van der Waals surface area contributed by atoms with Gasteiger partial charge in [-0.05, 0) is 31.0 Å². The molecule has 16 heavy (non-hydrogen) atoms. The first-order chi connectivity index (χ1) is 7.66. The van der Waals surface area contributed by atoms with Crippen LogP contribution in [0, 0.1) is 5.82 Å². The zero-order chi connectivity index (χ0) is 11.6. The number of hydrogen-bond acceptors (Lipinski definition) is 2. The second kappa shape index (κ2) is 4.52. The van der Waals surface area contributed by atoms with Gasteiger partial charge >= 0.3 is 0 Å². The highest BCUT2D eigenvalue weighted by Gasteiger charge is 2.39. The van der Waals surface area contributed by atoms with E-state index < -0.39 is 0 Å². The van der Waals surface area contributed by atoms with E-state index in [1.165, 1.54) is 17.7 Å². The van der Waals surface area contributed by atoms with E-state index in [0.29, 0.717) is 0 Å². The molecule has 1 N–H and O–H groups in total. The number of ether oxygens (including phenoxy) is 1. The highest BCUT2D eigenvalue weighted by Crippen LogP contribution is 2.34. The molecule has 1 aliphatic heterocycles. The van der Waals surface area contributed by atoms with E-state index in [0.717, 1.165) is 19.5 Å². The average molecular weight is 223 g/mol.